The zero-order valence-corrected chi connectivity index (χ0v) is 10.7. The van der Waals surface area contributed by atoms with Crippen LogP contribution in [0.5, 0.6) is 0 Å². The third kappa shape index (κ3) is 2.10. The van der Waals surface area contributed by atoms with Crippen LogP contribution in [0, 0.1) is 6.92 Å². The molecule has 0 saturated carbocycles. The summed E-state index contributed by atoms with van der Waals surface area (Å²) in [4.78, 5) is 11.8. The monoisotopic (exact) mass is 226 g/mol. The summed E-state index contributed by atoms with van der Waals surface area (Å²) in [6.07, 6.45) is 0.601. The molecule has 17 heavy (non-hydrogen) atoms. The van der Waals surface area contributed by atoms with Crippen LogP contribution in [0.2, 0.25) is 0 Å². The quantitative estimate of drug-likeness (QED) is 0.765. The van der Waals surface area contributed by atoms with Gasteiger partial charge in [-0.1, -0.05) is 50.2 Å². The Hall–Kier alpha value is -1.63. The first-order chi connectivity index (χ1) is 8.15. The molecule has 0 aliphatic heterocycles. The first-order valence-corrected chi connectivity index (χ1v) is 6.16. The van der Waals surface area contributed by atoms with Crippen molar-refractivity contribution in [2.75, 3.05) is 0 Å². The number of fused-ring (bicyclic) bond motifs is 1. The molecule has 0 spiro atoms. The minimum Gasteiger partial charge on any atom is -0.299 e. The molecule has 0 fully saturated rings. The molecule has 1 nitrogen and oxygen atoms in total. The van der Waals surface area contributed by atoms with Crippen LogP contribution in [-0.4, -0.2) is 5.78 Å². The molecule has 1 unspecified atom stereocenters. The molecule has 88 valence electrons. The smallest absolute Gasteiger partial charge is 0.139 e. The Labute approximate surface area is 102 Å². The summed E-state index contributed by atoms with van der Waals surface area (Å²) in [5.41, 5.74) is 2.42. The first kappa shape index (κ1) is 11.8. The summed E-state index contributed by atoms with van der Waals surface area (Å²) in [6.45, 7) is 6.04. The number of Topliss-reactive ketones (excluding diaryl/α,β-unsaturated/α-hetero) is 1. The fourth-order valence-corrected chi connectivity index (χ4v) is 2.33. The number of ketones is 1. The maximum absolute atomic E-state index is 11.8. The Bertz CT molecular complexity index is 554. The van der Waals surface area contributed by atoms with E-state index in [1.54, 1.807) is 0 Å². The van der Waals surface area contributed by atoms with Crippen LogP contribution in [0.25, 0.3) is 10.8 Å². The van der Waals surface area contributed by atoms with Crippen molar-refractivity contribution in [2.24, 2.45) is 0 Å². The van der Waals surface area contributed by atoms with Crippen molar-refractivity contribution in [1.82, 2.24) is 0 Å². The summed E-state index contributed by atoms with van der Waals surface area (Å²) < 4.78 is 0. The number of aryl methyl sites for hydroxylation is 1. The molecule has 0 amide bonds. The third-order valence-corrected chi connectivity index (χ3v) is 3.47. The Morgan fingerprint density at radius 2 is 1.76 bits per heavy atom. The molecule has 0 aromatic heterocycles. The van der Waals surface area contributed by atoms with Gasteiger partial charge >= 0.3 is 0 Å². The van der Waals surface area contributed by atoms with Crippen molar-refractivity contribution in [2.45, 2.75) is 33.1 Å². The van der Waals surface area contributed by atoms with Gasteiger partial charge in [-0.25, -0.2) is 0 Å². The van der Waals surface area contributed by atoms with Gasteiger partial charge in [0.1, 0.15) is 5.78 Å². The second kappa shape index (κ2) is 4.70. The van der Waals surface area contributed by atoms with E-state index in [4.69, 9.17) is 0 Å². The fourth-order valence-electron chi connectivity index (χ4n) is 2.33. The Balaban J connectivity index is 2.63. The van der Waals surface area contributed by atoms with Crippen LogP contribution in [0.1, 0.15) is 37.3 Å². The highest BCUT2D eigenvalue weighted by Crippen LogP contribution is 2.28. The molecular weight excluding hydrogens is 208 g/mol. The standard InChI is InChI=1S/C16H18O/c1-4-16(17)12(3)14-10-9-11(2)13-7-5-6-8-15(13)14/h5-10,12H,4H2,1-3H3. The maximum Gasteiger partial charge on any atom is 0.139 e. The van der Waals surface area contributed by atoms with Gasteiger partial charge in [0.05, 0.1) is 0 Å². The predicted octanol–water partition coefficient (Wildman–Crippen LogP) is 4.23. The van der Waals surface area contributed by atoms with Gasteiger partial charge in [0.2, 0.25) is 0 Å². The number of hydrogen-bond donors (Lipinski definition) is 0. The largest absolute Gasteiger partial charge is 0.299 e. The lowest BCUT2D eigenvalue weighted by Gasteiger charge is -2.14. The molecular formula is C16H18O. The van der Waals surface area contributed by atoms with E-state index in [1.807, 2.05) is 26.0 Å². The average molecular weight is 226 g/mol. The number of hydrogen-bond acceptors (Lipinski definition) is 1. The summed E-state index contributed by atoms with van der Waals surface area (Å²) in [5, 5.41) is 2.46. The zero-order chi connectivity index (χ0) is 12.4. The van der Waals surface area contributed by atoms with Crippen molar-refractivity contribution >= 4 is 16.6 Å². The minimum absolute atomic E-state index is 0.00880. The van der Waals surface area contributed by atoms with Gasteiger partial charge < -0.3 is 0 Å². The molecule has 0 N–H and O–H groups in total. The molecule has 0 aliphatic carbocycles. The lowest BCUT2D eigenvalue weighted by molar-refractivity contribution is -0.119. The highest BCUT2D eigenvalue weighted by molar-refractivity contribution is 5.94. The van der Waals surface area contributed by atoms with Crippen LogP contribution in [0.3, 0.4) is 0 Å². The maximum atomic E-state index is 11.8. The number of carbonyl (C=O) groups is 1. The normalized spacial score (nSPS) is 12.6. The van der Waals surface area contributed by atoms with Crippen LogP contribution >= 0.6 is 0 Å². The lowest BCUT2D eigenvalue weighted by atomic mass is 9.89. The highest BCUT2D eigenvalue weighted by atomic mass is 16.1. The van der Waals surface area contributed by atoms with Crippen molar-refractivity contribution in [3.8, 4) is 0 Å². The van der Waals surface area contributed by atoms with Gasteiger partial charge in [0.25, 0.3) is 0 Å². The topological polar surface area (TPSA) is 17.1 Å². The van der Waals surface area contributed by atoms with Gasteiger partial charge in [0.15, 0.2) is 0 Å². The fraction of sp³-hybridized carbons (Fsp3) is 0.312. The zero-order valence-electron chi connectivity index (χ0n) is 10.7. The average Bonchev–Trinajstić information content (AvgIpc) is 2.38. The molecule has 2 aromatic carbocycles. The van der Waals surface area contributed by atoms with Crippen molar-refractivity contribution in [3.05, 3.63) is 47.5 Å². The van der Waals surface area contributed by atoms with Crippen molar-refractivity contribution in [3.63, 3.8) is 0 Å². The molecule has 0 bridgehead atoms. The van der Waals surface area contributed by atoms with E-state index < -0.39 is 0 Å². The molecule has 1 atom stereocenters. The molecule has 1 heteroatoms. The molecule has 2 aromatic rings. The number of carbonyl (C=O) groups excluding carboxylic acids is 1. The summed E-state index contributed by atoms with van der Waals surface area (Å²) in [7, 11) is 0. The van der Waals surface area contributed by atoms with Crippen molar-refractivity contribution < 1.29 is 4.79 Å². The van der Waals surface area contributed by atoms with E-state index in [0.717, 1.165) is 5.56 Å². The molecule has 0 aliphatic rings. The predicted molar refractivity (Wildman–Crippen MR) is 72.4 cm³/mol. The number of rotatable bonds is 3. The van der Waals surface area contributed by atoms with E-state index in [2.05, 4.69) is 31.2 Å². The first-order valence-electron chi connectivity index (χ1n) is 6.16. The van der Waals surface area contributed by atoms with Gasteiger partial charge in [-0.2, -0.15) is 0 Å². The minimum atomic E-state index is -0.00880. The van der Waals surface area contributed by atoms with Crippen LogP contribution < -0.4 is 0 Å². The summed E-state index contributed by atoms with van der Waals surface area (Å²) in [6, 6.07) is 12.5. The number of benzene rings is 2. The van der Waals surface area contributed by atoms with Crippen LogP contribution in [0.4, 0.5) is 0 Å². The molecule has 0 saturated heterocycles. The third-order valence-electron chi connectivity index (χ3n) is 3.47. The van der Waals surface area contributed by atoms with E-state index in [9.17, 15) is 4.79 Å². The van der Waals surface area contributed by atoms with E-state index in [-0.39, 0.29) is 5.92 Å². The Morgan fingerprint density at radius 1 is 1.12 bits per heavy atom. The molecule has 2 rings (SSSR count). The SMILES string of the molecule is CCC(=O)C(C)c1ccc(C)c2ccccc12. The van der Waals surface area contributed by atoms with Gasteiger partial charge in [-0.3, -0.25) is 4.79 Å². The second-order valence-corrected chi connectivity index (χ2v) is 4.56. The summed E-state index contributed by atoms with van der Waals surface area (Å²) >= 11 is 0. The lowest BCUT2D eigenvalue weighted by Crippen LogP contribution is -2.08. The highest BCUT2D eigenvalue weighted by Gasteiger charge is 2.15. The van der Waals surface area contributed by atoms with E-state index in [0.29, 0.717) is 12.2 Å². The van der Waals surface area contributed by atoms with Gasteiger partial charge in [-0.15, -0.1) is 0 Å². The Kier molecular flexibility index (Phi) is 3.28. The van der Waals surface area contributed by atoms with E-state index in [1.165, 1.54) is 16.3 Å². The second-order valence-electron chi connectivity index (χ2n) is 4.56. The van der Waals surface area contributed by atoms with Crippen LogP contribution in [-0.2, 0) is 4.79 Å². The van der Waals surface area contributed by atoms with Gasteiger partial charge in [0, 0.05) is 12.3 Å². The molecule has 0 radical (unpaired) electrons. The van der Waals surface area contributed by atoms with Crippen molar-refractivity contribution in [1.29, 1.82) is 0 Å². The van der Waals surface area contributed by atoms with E-state index >= 15 is 0 Å². The Morgan fingerprint density at radius 3 is 2.41 bits per heavy atom. The molecule has 0 heterocycles. The van der Waals surface area contributed by atoms with Gasteiger partial charge in [-0.05, 0) is 28.8 Å². The van der Waals surface area contributed by atoms with Crippen LogP contribution in [0.15, 0.2) is 36.4 Å². The summed E-state index contributed by atoms with van der Waals surface area (Å²) in [5.74, 6) is 0.296.